The Morgan fingerprint density at radius 2 is 1.87 bits per heavy atom. The van der Waals surface area contributed by atoms with E-state index in [1.165, 1.54) is 12.4 Å². The number of guanidine groups is 1. The Balaban J connectivity index is 0.00000450. The fourth-order valence-electron chi connectivity index (χ4n) is 2.71. The van der Waals surface area contributed by atoms with Crippen LogP contribution >= 0.6 is 24.0 Å². The highest BCUT2D eigenvalue weighted by molar-refractivity contribution is 14.0. The summed E-state index contributed by atoms with van der Waals surface area (Å²) in [6.07, 6.45) is 3.33. The van der Waals surface area contributed by atoms with Crippen molar-refractivity contribution in [2.75, 3.05) is 26.3 Å². The van der Waals surface area contributed by atoms with Gasteiger partial charge in [-0.25, -0.2) is 9.98 Å². The molecule has 0 aliphatic rings. The molecule has 0 unspecified atom stereocenters. The summed E-state index contributed by atoms with van der Waals surface area (Å²) in [4.78, 5) is 8.29. The molecule has 2 aromatic rings. The second-order valence-corrected chi connectivity index (χ2v) is 6.05. The lowest BCUT2D eigenvalue weighted by molar-refractivity contribution is 0.0671. The molecule has 0 radical (unpaired) electrons. The van der Waals surface area contributed by atoms with E-state index in [1.807, 2.05) is 39.0 Å². The van der Waals surface area contributed by atoms with E-state index in [9.17, 15) is 8.78 Å². The van der Waals surface area contributed by atoms with Gasteiger partial charge in [0, 0.05) is 25.5 Å². The number of nitrogens with zero attached hydrogens (tertiary/aromatic N) is 3. The minimum Gasteiger partial charge on any atom is -0.490 e. The lowest BCUT2D eigenvalue weighted by atomic mass is 10.1. The van der Waals surface area contributed by atoms with E-state index in [0.717, 1.165) is 28.1 Å². The fourth-order valence-corrected chi connectivity index (χ4v) is 2.71. The van der Waals surface area contributed by atoms with Gasteiger partial charge in [-0.1, -0.05) is 6.07 Å². The first-order chi connectivity index (χ1) is 14.1. The summed E-state index contributed by atoms with van der Waals surface area (Å²) in [6, 6.07) is 5.88. The molecule has 0 fully saturated rings. The number of alkyl halides is 2. The molecular formula is C20H30F2IN5O2. The van der Waals surface area contributed by atoms with Gasteiger partial charge in [-0.3, -0.25) is 4.57 Å². The van der Waals surface area contributed by atoms with Gasteiger partial charge in [0.05, 0.1) is 13.2 Å². The average molecular weight is 537 g/mol. The molecule has 0 aliphatic carbocycles. The standard InChI is InChI=1S/C20H29F2N5O2.HI/c1-4-23-20(26-14-18-24-11-12-27(18)19(21)22)25-10-9-15-7-8-16(28-5-2)17(13-15)29-6-3;/h7-8,11-13,19H,4-6,9-10,14H2,1-3H3,(H2,23,25,26);1H. The Hall–Kier alpha value is -2.11. The van der Waals surface area contributed by atoms with Crippen molar-refractivity contribution in [1.29, 1.82) is 0 Å². The van der Waals surface area contributed by atoms with E-state index in [1.54, 1.807) is 0 Å². The number of benzene rings is 1. The second-order valence-electron chi connectivity index (χ2n) is 6.05. The largest absolute Gasteiger partial charge is 0.490 e. The highest BCUT2D eigenvalue weighted by Gasteiger charge is 2.11. The average Bonchev–Trinajstić information content (AvgIpc) is 3.17. The molecule has 0 spiro atoms. The first kappa shape index (κ1) is 25.9. The highest BCUT2D eigenvalue weighted by atomic mass is 127. The summed E-state index contributed by atoms with van der Waals surface area (Å²) in [6.45, 7) is 5.66. The summed E-state index contributed by atoms with van der Waals surface area (Å²) in [7, 11) is 0. The van der Waals surface area contributed by atoms with Crippen LogP contribution in [0.15, 0.2) is 35.6 Å². The Morgan fingerprint density at radius 3 is 2.53 bits per heavy atom. The SMILES string of the molecule is CCNC(=NCc1nccn1C(F)F)NCCc1ccc(OCC)c(OCC)c1.I. The molecule has 2 rings (SSSR count). The van der Waals surface area contributed by atoms with E-state index in [-0.39, 0.29) is 36.3 Å². The van der Waals surface area contributed by atoms with Crippen LogP contribution in [0.4, 0.5) is 8.78 Å². The van der Waals surface area contributed by atoms with Crippen molar-refractivity contribution in [2.24, 2.45) is 4.99 Å². The minimum atomic E-state index is -2.63. The van der Waals surface area contributed by atoms with Crippen molar-refractivity contribution < 1.29 is 18.3 Å². The smallest absolute Gasteiger partial charge is 0.319 e. The van der Waals surface area contributed by atoms with Gasteiger partial charge in [0.1, 0.15) is 12.4 Å². The molecule has 30 heavy (non-hydrogen) atoms. The Kier molecular flexibility index (Phi) is 12.1. The fraction of sp³-hybridized carbons (Fsp3) is 0.500. The third-order valence-electron chi connectivity index (χ3n) is 4.00. The number of hydrogen-bond donors (Lipinski definition) is 2. The molecule has 2 N–H and O–H groups in total. The van der Waals surface area contributed by atoms with Gasteiger partial charge in [-0.05, 0) is 44.9 Å². The Morgan fingerprint density at radius 1 is 1.13 bits per heavy atom. The first-order valence-electron chi connectivity index (χ1n) is 9.79. The summed E-state index contributed by atoms with van der Waals surface area (Å²) in [5.74, 6) is 2.22. The third kappa shape index (κ3) is 7.96. The van der Waals surface area contributed by atoms with E-state index in [0.29, 0.717) is 32.3 Å². The number of halogens is 3. The van der Waals surface area contributed by atoms with Crippen LogP contribution in [0.5, 0.6) is 11.5 Å². The summed E-state index contributed by atoms with van der Waals surface area (Å²) in [5.41, 5.74) is 1.09. The van der Waals surface area contributed by atoms with Crippen molar-refractivity contribution >= 4 is 29.9 Å². The molecule has 0 saturated carbocycles. The van der Waals surface area contributed by atoms with Crippen LogP contribution in [0.2, 0.25) is 0 Å². The Labute approximate surface area is 193 Å². The van der Waals surface area contributed by atoms with Crippen LogP contribution in [0, 0.1) is 0 Å². The van der Waals surface area contributed by atoms with Crippen LogP contribution in [-0.4, -0.2) is 41.8 Å². The van der Waals surface area contributed by atoms with Crippen LogP contribution in [0.1, 0.15) is 38.7 Å². The van der Waals surface area contributed by atoms with Gasteiger partial charge in [0.15, 0.2) is 17.5 Å². The van der Waals surface area contributed by atoms with E-state index in [2.05, 4.69) is 20.6 Å². The Bertz CT molecular complexity index is 786. The van der Waals surface area contributed by atoms with Crippen molar-refractivity contribution in [3.8, 4) is 11.5 Å². The molecule has 1 heterocycles. The number of rotatable bonds is 11. The zero-order valence-corrected chi connectivity index (χ0v) is 19.9. The van der Waals surface area contributed by atoms with Crippen LogP contribution < -0.4 is 20.1 Å². The predicted octanol–water partition coefficient (Wildman–Crippen LogP) is 3.99. The van der Waals surface area contributed by atoms with Gasteiger partial charge in [-0.15, -0.1) is 24.0 Å². The number of imidazole rings is 1. The van der Waals surface area contributed by atoms with Crippen molar-refractivity contribution in [3.05, 3.63) is 42.0 Å². The van der Waals surface area contributed by atoms with Crippen LogP contribution in [0.25, 0.3) is 0 Å². The number of ether oxygens (including phenoxy) is 2. The molecule has 1 aromatic heterocycles. The topological polar surface area (TPSA) is 72.7 Å². The predicted molar refractivity (Wildman–Crippen MR) is 124 cm³/mol. The number of hydrogen-bond acceptors (Lipinski definition) is 4. The minimum absolute atomic E-state index is 0. The zero-order valence-electron chi connectivity index (χ0n) is 17.5. The first-order valence-corrected chi connectivity index (χ1v) is 9.79. The highest BCUT2D eigenvalue weighted by Crippen LogP contribution is 2.28. The summed E-state index contributed by atoms with van der Waals surface area (Å²) < 4.78 is 37.9. The van der Waals surface area contributed by atoms with Crippen molar-refractivity contribution in [1.82, 2.24) is 20.2 Å². The number of aromatic nitrogens is 2. The van der Waals surface area contributed by atoms with Crippen LogP contribution in [-0.2, 0) is 13.0 Å². The summed E-state index contributed by atoms with van der Waals surface area (Å²) in [5, 5.41) is 6.32. The lowest BCUT2D eigenvalue weighted by Crippen LogP contribution is -2.38. The van der Waals surface area contributed by atoms with E-state index >= 15 is 0 Å². The number of aliphatic imine (C=N–C) groups is 1. The quantitative estimate of drug-likeness (QED) is 0.258. The third-order valence-corrected chi connectivity index (χ3v) is 4.00. The van der Waals surface area contributed by atoms with Crippen molar-refractivity contribution in [3.63, 3.8) is 0 Å². The molecule has 7 nitrogen and oxygen atoms in total. The lowest BCUT2D eigenvalue weighted by Gasteiger charge is -2.14. The number of nitrogens with one attached hydrogen (secondary N) is 2. The van der Waals surface area contributed by atoms with Gasteiger partial charge < -0.3 is 20.1 Å². The summed E-state index contributed by atoms with van der Waals surface area (Å²) >= 11 is 0. The molecule has 0 aliphatic heterocycles. The van der Waals surface area contributed by atoms with Gasteiger partial charge in [0.25, 0.3) is 0 Å². The monoisotopic (exact) mass is 537 g/mol. The van der Waals surface area contributed by atoms with Crippen molar-refractivity contribution in [2.45, 2.75) is 40.3 Å². The molecule has 0 amide bonds. The van der Waals surface area contributed by atoms with E-state index in [4.69, 9.17) is 9.47 Å². The maximum atomic E-state index is 12.9. The molecule has 1 aromatic carbocycles. The molecular weight excluding hydrogens is 507 g/mol. The molecule has 0 atom stereocenters. The molecule has 168 valence electrons. The molecule has 10 heteroatoms. The van der Waals surface area contributed by atoms with Gasteiger partial charge in [0.2, 0.25) is 0 Å². The second kappa shape index (κ2) is 14.0. The van der Waals surface area contributed by atoms with Gasteiger partial charge in [-0.2, -0.15) is 8.78 Å². The normalized spacial score (nSPS) is 11.2. The maximum absolute atomic E-state index is 12.9. The van der Waals surface area contributed by atoms with Gasteiger partial charge >= 0.3 is 6.55 Å². The van der Waals surface area contributed by atoms with Crippen LogP contribution in [0.3, 0.4) is 0 Å². The van der Waals surface area contributed by atoms with E-state index < -0.39 is 6.55 Å². The maximum Gasteiger partial charge on any atom is 0.319 e. The zero-order chi connectivity index (χ0) is 21.1. The molecule has 0 bridgehead atoms. The molecule has 0 saturated heterocycles.